The molecule has 2 rings (SSSR count). The molecule has 1 aliphatic rings. The quantitative estimate of drug-likeness (QED) is 0.799. The monoisotopic (exact) mass is 249 g/mol. The van der Waals surface area contributed by atoms with Crippen molar-refractivity contribution in [2.24, 2.45) is 0 Å². The third-order valence-electron chi connectivity index (χ3n) is 2.73. The molecule has 1 unspecified atom stereocenters. The molecule has 0 saturated carbocycles. The normalized spacial score (nSPS) is 17.6. The largest absolute Gasteiger partial charge is 0.356 e. The molecule has 0 radical (unpaired) electrons. The summed E-state index contributed by atoms with van der Waals surface area (Å²) in [7, 11) is 0. The smallest absolute Gasteiger partial charge is 0.227 e. The van der Waals surface area contributed by atoms with Crippen LogP contribution in [0.15, 0.2) is 24.3 Å². The number of carbonyl (C=O) groups excluding carboxylic acids is 1. The van der Waals surface area contributed by atoms with Crippen LogP contribution in [0.2, 0.25) is 0 Å². The molecule has 18 heavy (non-hydrogen) atoms. The van der Waals surface area contributed by atoms with Gasteiger partial charge in [0.25, 0.3) is 0 Å². The van der Waals surface area contributed by atoms with E-state index in [-0.39, 0.29) is 11.8 Å². The fourth-order valence-corrected chi connectivity index (χ4v) is 1.98. The van der Waals surface area contributed by atoms with Gasteiger partial charge in [0, 0.05) is 6.54 Å². The van der Waals surface area contributed by atoms with Crippen molar-refractivity contribution in [1.29, 1.82) is 0 Å². The summed E-state index contributed by atoms with van der Waals surface area (Å²) >= 11 is 0. The maximum absolute atomic E-state index is 11.6. The van der Waals surface area contributed by atoms with E-state index in [4.69, 9.17) is 0 Å². The predicted octanol–water partition coefficient (Wildman–Crippen LogP) is 4.04. The van der Waals surface area contributed by atoms with E-state index in [9.17, 15) is 4.79 Å². The lowest BCUT2D eigenvalue weighted by molar-refractivity contribution is -0.123. The predicted molar refractivity (Wildman–Crippen MR) is 78.9 cm³/mol. The van der Waals surface area contributed by atoms with Gasteiger partial charge in [0.05, 0.1) is 5.92 Å². The van der Waals surface area contributed by atoms with Crippen LogP contribution in [0.3, 0.4) is 0 Å². The molecule has 1 saturated heterocycles. The summed E-state index contributed by atoms with van der Waals surface area (Å²) in [5.74, 6) is 0.255. The van der Waals surface area contributed by atoms with Gasteiger partial charge < -0.3 is 5.32 Å². The fraction of sp³-hybridized carbons (Fsp3) is 0.562. The van der Waals surface area contributed by atoms with Crippen LogP contribution in [-0.2, 0) is 4.79 Å². The lowest BCUT2D eigenvalue weighted by Crippen LogP contribution is -2.35. The third kappa shape index (κ3) is 4.91. The number of carbonyl (C=O) groups is 1. The first-order chi connectivity index (χ1) is 8.77. The Balaban J connectivity index is 0.000000659. The van der Waals surface area contributed by atoms with Gasteiger partial charge >= 0.3 is 0 Å². The summed E-state index contributed by atoms with van der Waals surface area (Å²) in [5.41, 5.74) is 2.38. The van der Waals surface area contributed by atoms with Gasteiger partial charge in [-0.25, -0.2) is 0 Å². The summed E-state index contributed by atoms with van der Waals surface area (Å²) in [5, 5.41) is 2.91. The second-order valence-corrected chi connectivity index (χ2v) is 3.90. The summed E-state index contributed by atoms with van der Waals surface area (Å²) in [6.07, 6.45) is 2.07. The van der Waals surface area contributed by atoms with Crippen LogP contribution >= 0.6 is 0 Å². The first kappa shape index (κ1) is 16.7. The first-order valence-electron chi connectivity index (χ1n) is 7.11. The molecule has 1 heterocycles. The number of aryl methyl sites for hydroxylation is 1. The van der Waals surface area contributed by atoms with Gasteiger partial charge in [0.1, 0.15) is 0 Å². The highest BCUT2D eigenvalue weighted by atomic mass is 16.1. The topological polar surface area (TPSA) is 29.1 Å². The van der Waals surface area contributed by atoms with Crippen LogP contribution in [0.4, 0.5) is 0 Å². The molecule has 1 atom stereocenters. The molecule has 1 aliphatic heterocycles. The lowest BCUT2D eigenvalue weighted by Gasteiger charge is -2.22. The maximum Gasteiger partial charge on any atom is 0.227 e. The SMILES string of the molecule is CC.CC.Cc1cccc(C2CCCNC2=O)c1. The van der Waals surface area contributed by atoms with Gasteiger partial charge in [-0.3, -0.25) is 4.79 Å². The van der Waals surface area contributed by atoms with Crippen LogP contribution in [0.5, 0.6) is 0 Å². The maximum atomic E-state index is 11.6. The molecule has 1 aromatic rings. The average Bonchev–Trinajstić information content (AvgIpc) is 2.44. The van der Waals surface area contributed by atoms with E-state index in [0.29, 0.717) is 0 Å². The second-order valence-electron chi connectivity index (χ2n) is 3.90. The van der Waals surface area contributed by atoms with Gasteiger partial charge in [-0.05, 0) is 25.3 Å². The van der Waals surface area contributed by atoms with Crippen molar-refractivity contribution >= 4 is 5.91 Å². The number of benzene rings is 1. The van der Waals surface area contributed by atoms with Crippen molar-refractivity contribution < 1.29 is 4.79 Å². The molecule has 102 valence electrons. The van der Waals surface area contributed by atoms with Gasteiger partial charge in [-0.2, -0.15) is 0 Å². The van der Waals surface area contributed by atoms with Crippen LogP contribution < -0.4 is 5.32 Å². The molecule has 2 heteroatoms. The summed E-state index contributed by atoms with van der Waals surface area (Å²) in [6, 6.07) is 8.23. The van der Waals surface area contributed by atoms with Crippen LogP contribution in [0.25, 0.3) is 0 Å². The zero-order valence-corrected chi connectivity index (χ0v) is 12.4. The van der Waals surface area contributed by atoms with Crippen molar-refractivity contribution in [3.63, 3.8) is 0 Å². The van der Waals surface area contributed by atoms with Gasteiger partial charge in [-0.15, -0.1) is 0 Å². The highest BCUT2D eigenvalue weighted by molar-refractivity contribution is 5.84. The Bertz CT molecular complexity index is 347. The summed E-state index contributed by atoms with van der Waals surface area (Å²) in [4.78, 5) is 11.6. The molecular formula is C16H27NO. The minimum atomic E-state index is 0.0728. The lowest BCUT2D eigenvalue weighted by atomic mass is 9.90. The molecule has 0 aromatic heterocycles. The molecule has 1 aromatic carbocycles. The highest BCUT2D eigenvalue weighted by Gasteiger charge is 2.23. The summed E-state index contributed by atoms with van der Waals surface area (Å²) in [6.45, 7) is 10.9. The van der Waals surface area contributed by atoms with Crippen molar-refractivity contribution in [2.45, 2.75) is 53.4 Å². The van der Waals surface area contributed by atoms with Crippen LogP contribution in [0, 0.1) is 6.92 Å². The van der Waals surface area contributed by atoms with Gasteiger partial charge in [-0.1, -0.05) is 57.5 Å². The van der Waals surface area contributed by atoms with Gasteiger partial charge in [0.2, 0.25) is 5.91 Å². The third-order valence-corrected chi connectivity index (χ3v) is 2.73. The Labute approximate surface area is 112 Å². The zero-order chi connectivity index (χ0) is 14.0. The minimum Gasteiger partial charge on any atom is -0.356 e. The Morgan fingerprint density at radius 2 is 1.83 bits per heavy atom. The summed E-state index contributed by atoms with van der Waals surface area (Å²) < 4.78 is 0. The van der Waals surface area contributed by atoms with E-state index in [0.717, 1.165) is 24.9 Å². The zero-order valence-electron chi connectivity index (χ0n) is 12.4. The Kier molecular flexibility index (Phi) is 8.99. The van der Waals surface area contributed by atoms with Crippen molar-refractivity contribution in [3.05, 3.63) is 35.4 Å². The molecule has 1 fully saturated rings. The highest BCUT2D eigenvalue weighted by Crippen LogP contribution is 2.24. The van der Waals surface area contributed by atoms with E-state index in [1.54, 1.807) is 0 Å². The molecular weight excluding hydrogens is 222 g/mol. The number of hydrogen-bond donors (Lipinski definition) is 1. The van der Waals surface area contributed by atoms with Crippen molar-refractivity contribution in [2.75, 3.05) is 6.54 Å². The van der Waals surface area contributed by atoms with E-state index in [1.165, 1.54) is 5.56 Å². The molecule has 1 N–H and O–H groups in total. The average molecular weight is 249 g/mol. The first-order valence-corrected chi connectivity index (χ1v) is 7.11. The minimum absolute atomic E-state index is 0.0728. The van der Waals surface area contributed by atoms with E-state index in [1.807, 2.05) is 39.8 Å². The number of rotatable bonds is 1. The molecule has 0 bridgehead atoms. The van der Waals surface area contributed by atoms with Crippen molar-refractivity contribution in [1.82, 2.24) is 5.32 Å². The second kappa shape index (κ2) is 9.69. The van der Waals surface area contributed by atoms with E-state index in [2.05, 4.69) is 24.4 Å². The molecule has 2 nitrogen and oxygen atoms in total. The number of piperidine rings is 1. The Hall–Kier alpha value is -1.31. The molecule has 1 amide bonds. The van der Waals surface area contributed by atoms with Crippen molar-refractivity contribution in [3.8, 4) is 0 Å². The number of nitrogens with one attached hydrogen (secondary N) is 1. The van der Waals surface area contributed by atoms with Gasteiger partial charge in [0.15, 0.2) is 0 Å². The Morgan fingerprint density at radius 3 is 2.39 bits per heavy atom. The fourth-order valence-electron chi connectivity index (χ4n) is 1.98. The molecule has 0 aliphatic carbocycles. The van der Waals surface area contributed by atoms with E-state index < -0.39 is 0 Å². The standard InChI is InChI=1S/C12H15NO.2C2H6/c1-9-4-2-5-10(8-9)11-6-3-7-13-12(11)14;2*1-2/h2,4-5,8,11H,3,6-7H2,1H3,(H,13,14);2*1-2H3. The van der Waals surface area contributed by atoms with Crippen LogP contribution in [0.1, 0.15) is 57.6 Å². The number of hydrogen-bond acceptors (Lipinski definition) is 1. The molecule has 0 spiro atoms. The van der Waals surface area contributed by atoms with E-state index >= 15 is 0 Å². The number of amides is 1. The van der Waals surface area contributed by atoms with Crippen LogP contribution in [-0.4, -0.2) is 12.5 Å². The Morgan fingerprint density at radius 1 is 1.17 bits per heavy atom.